The fourth-order valence-electron chi connectivity index (χ4n) is 4.53. The van der Waals surface area contributed by atoms with E-state index < -0.39 is 35.9 Å². The number of amides is 1. The van der Waals surface area contributed by atoms with Crippen LogP contribution in [-0.4, -0.2) is 37.4 Å². The molecule has 1 aliphatic rings. The molecule has 0 unspecified atom stereocenters. The van der Waals surface area contributed by atoms with Gasteiger partial charge in [0.25, 0.3) is 0 Å². The van der Waals surface area contributed by atoms with Gasteiger partial charge in [-0.25, -0.2) is 9.59 Å². The van der Waals surface area contributed by atoms with Gasteiger partial charge in [-0.15, -0.1) is 0 Å². The quantitative estimate of drug-likeness (QED) is 0.436. The van der Waals surface area contributed by atoms with E-state index in [1.54, 1.807) is 0 Å². The van der Waals surface area contributed by atoms with Crippen LogP contribution < -0.4 is 5.32 Å². The summed E-state index contributed by atoms with van der Waals surface area (Å²) in [4.78, 5) is 25.2. The molecule has 0 radical (unpaired) electrons. The van der Waals surface area contributed by atoms with Gasteiger partial charge in [0, 0.05) is 5.92 Å². The second-order valence-corrected chi connectivity index (χ2v) is 9.40. The fraction of sp³-hybridized carbons (Fsp3) is 0.500. The molecular formula is C28H34F3NO5. The Labute approximate surface area is 215 Å². The molecule has 1 fully saturated rings. The summed E-state index contributed by atoms with van der Waals surface area (Å²) in [5.41, 5.74) is 0.865. The molecule has 0 aliphatic carbocycles. The molecule has 1 amide bonds. The van der Waals surface area contributed by atoms with Gasteiger partial charge >= 0.3 is 18.2 Å². The van der Waals surface area contributed by atoms with Crippen LogP contribution in [0.15, 0.2) is 54.6 Å². The zero-order valence-corrected chi connectivity index (χ0v) is 21.1. The summed E-state index contributed by atoms with van der Waals surface area (Å²) in [6.45, 7) is 4.10. The SMILES string of the molecule is CCCC[C@@H]1[C@@H](Cc2ccc(C(F)(F)F)cc2)COC[C@H](NC(=O)OCc2ccccc2)C(=O)O[C@H]1C. The Morgan fingerprint density at radius 3 is 2.41 bits per heavy atom. The molecular weight excluding hydrogens is 487 g/mol. The van der Waals surface area contributed by atoms with E-state index in [-0.39, 0.29) is 31.7 Å². The highest BCUT2D eigenvalue weighted by molar-refractivity contribution is 5.81. The van der Waals surface area contributed by atoms with Crippen molar-refractivity contribution in [3.8, 4) is 0 Å². The third-order valence-corrected chi connectivity index (χ3v) is 6.59. The molecule has 4 atom stereocenters. The monoisotopic (exact) mass is 521 g/mol. The zero-order chi connectivity index (χ0) is 26.8. The Hall–Kier alpha value is -3.07. The number of ether oxygens (including phenoxy) is 3. The van der Waals surface area contributed by atoms with E-state index >= 15 is 0 Å². The van der Waals surface area contributed by atoms with E-state index in [9.17, 15) is 22.8 Å². The minimum absolute atomic E-state index is 0.0556. The lowest BCUT2D eigenvalue weighted by Gasteiger charge is -2.31. The normalized spacial score (nSPS) is 22.8. The first-order chi connectivity index (χ1) is 17.7. The number of cyclic esters (lactones) is 1. The lowest BCUT2D eigenvalue weighted by atomic mass is 9.80. The molecule has 0 saturated carbocycles. The molecule has 0 spiro atoms. The number of esters is 1. The Balaban J connectivity index is 1.67. The average molecular weight is 522 g/mol. The third-order valence-electron chi connectivity index (χ3n) is 6.59. The number of unbranched alkanes of at least 4 members (excludes halogenated alkanes) is 1. The summed E-state index contributed by atoms with van der Waals surface area (Å²) < 4.78 is 55.7. The van der Waals surface area contributed by atoms with E-state index in [0.29, 0.717) is 6.42 Å². The van der Waals surface area contributed by atoms with Gasteiger partial charge in [-0.1, -0.05) is 62.2 Å². The maximum atomic E-state index is 13.0. The number of nitrogens with one attached hydrogen (secondary N) is 1. The van der Waals surface area contributed by atoms with Crippen LogP contribution in [-0.2, 0) is 38.2 Å². The molecule has 9 heteroatoms. The number of hydrogen-bond donors (Lipinski definition) is 1. The molecule has 1 aliphatic heterocycles. The van der Waals surface area contributed by atoms with Crippen LogP contribution in [0, 0.1) is 11.8 Å². The van der Waals surface area contributed by atoms with Crippen LogP contribution in [0.1, 0.15) is 49.8 Å². The smallest absolute Gasteiger partial charge is 0.416 e. The Kier molecular flexibility index (Phi) is 10.4. The van der Waals surface area contributed by atoms with Crippen LogP contribution in [0.3, 0.4) is 0 Å². The number of carbonyl (C=O) groups is 2. The zero-order valence-electron chi connectivity index (χ0n) is 21.1. The van der Waals surface area contributed by atoms with Crippen molar-refractivity contribution >= 4 is 12.1 Å². The van der Waals surface area contributed by atoms with E-state index in [4.69, 9.17) is 14.2 Å². The maximum absolute atomic E-state index is 13.0. The molecule has 1 heterocycles. The molecule has 202 valence electrons. The van der Waals surface area contributed by atoms with Crippen molar-refractivity contribution in [2.24, 2.45) is 11.8 Å². The number of alkyl carbamates (subject to hydrolysis) is 1. The second kappa shape index (κ2) is 13.5. The van der Waals surface area contributed by atoms with Crippen molar-refractivity contribution in [1.29, 1.82) is 0 Å². The van der Waals surface area contributed by atoms with Crippen molar-refractivity contribution < 1.29 is 37.0 Å². The van der Waals surface area contributed by atoms with Gasteiger partial charge in [0.1, 0.15) is 12.7 Å². The number of rotatable bonds is 8. The molecule has 2 aromatic carbocycles. The number of benzene rings is 2. The van der Waals surface area contributed by atoms with Gasteiger partial charge in [0.05, 0.1) is 18.8 Å². The molecule has 0 bridgehead atoms. The lowest BCUT2D eigenvalue weighted by molar-refractivity contribution is -0.154. The van der Waals surface area contributed by atoms with E-state index in [2.05, 4.69) is 12.2 Å². The number of alkyl halides is 3. The summed E-state index contributed by atoms with van der Waals surface area (Å²) in [6.07, 6.45) is -2.51. The molecule has 37 heavy (non-hydrogen) atoms. The van der Waals surface area contributed by atoms with Crippen molar-refractivity contribution in [2.45, 2.75) is 64.5 Å². The van der Waals surface area contributed by atoms with Gasteiger partial charge in [-0.3, -0.25) is 0 Å². The molecule has 6 nitrogen and oxygen atoms in total. The molecule has 3 rings (SSSR count). The first-order valence-corrected chi connectivity index (χ1v) is 12.6. The number of hydrogen-bond acceptors (Lipinski definition) is 5. The molecule has 1 saturated heterocycles. The highest BCUT2D eigenvalue weighted by Crippen LogP contribution is 2.32. The van der Waals surface area contributed by atoms with Crippen LogP contribution in [0.5, 0.6) is 0 Å². The average Bonchev–Trinajstić information content (AvgIpc) is 2.91. The van der Waals surface area contributed by atoms with Gasteiger partial charge in [0.2, 0.25) is 0 Å². The van der Waals surface area contributed by atoms with Gasteiger partial charge < -0.3 is 19.5 Å². The predicted molar refractivity (Wildman–Crippen MR) is 132 cm³/mol. The predicted octanol–water partition coefficient (Wildman–Crippen LogP) is 5.93. The lowest BCUT2D eigenvalue weighted by Crippen LogP contribution is -2.46. The van der Waals surface area contributed by atoms with E-state index in [1.165, 1.54) is 12.1 Å². The van der Waals surface area contributed by atoms with E-state index in [0.717, 1.165) is 42.5 Å². The van der Waals surface area contributed by atoms with Crippen LogP contribution in [0.25, 0.3) is 0 Å². The maximum Gasteiger partial charge on any atom is 0.416 e. The third kappa shape index (κ3) is 8.77. The van der Waals surface area contributed by atoms with Crippen LogP contribution in [0.2, 0.25) is 0 Å². The summed E-state index contributed by atoms with van der Waals surface area (Å²) in [7, 11) is 0. The highest BCUT2D eigenvalue weighted by atomic mass is 19.4. The van der Waals surface area contributed by atoms with Gasteiger partial charge in [0.15, 0.2) is 6.04 Å². The Bertz CT molecular complexity index is 997. The first kappa shape index (κ1) is 28.5. The Morgan fingerprint density at radius 1 is 1.05 bits per heavy atom. The van der Waals surface area contributed by atoms with Crippen LogP contribution >= 0.6 is 0 Å². The standard InChI is InChI=1S/C28H34F3NO5/c1-3-4-10-24-19(2)37-26(33)25(32-27(34)36-16-21-8-6-5-7-9-21)18-35-17-22(24)15-20-11-13-23(14-12-20)28(29,30)31/h5-9,11-14,19,22,24-25H,3-4,10,15-18H2,1-2H3,(H,32,34)/t19-,22-,24-,25-/m0/s1. The summed E-state index contributed by atoms with van der Waals surface area (Å²) in [6, 6.07) is 13.2. The number of carbonyl (C=O) groups excluding carboxylic acids is 2. The summed E-state index contributed by atoms with van der Waals surface area (Å²) in [5.74, 6) is -0.759. The van der Waals surface area contributed by atoms with Crippen molar-refractivity contribution in [3.05, 3.63) is 71.3 Å². The van der Waals surface area contributed by atoms with E-state index in [1.807, 2.05) is 37.3 Å². The molecule has 1 N–H and O–H groups in total. The van der Waals surface area contributed by atoms with Crippen LogP contribution in [0.4, 0.5) is 18.0 Å². The first-order valence-electron chi connectivity index (χ1n) is 12.6. The largest absolute Gasteiger partial charge is 0.461 e. The molecule has 2 aromatic rings. The number of halogens is 3. The minimum atomic E-state index is -4.39. The van der Waals surface area contributed by atoms with Crippen molar-refractivity contribution in [1.82, 2.24) is 5.32 Å². The van der Waals surface area contributed by atoms with Crippen molar-refractivity contribution in [3.63, 3.8) is 0 Å². The highest BCUT2D eigenvalue weighted by Gasteiger charge is 2.35. The summed E-state index contributed by atoms with van der Waals surface area (Å²) in [5, 5.41) is 2.53. The second-order valence-electron chi connectivity index (χ2n) is 9.40. The Morgan fingerprint density at radius 2 is 1.76 bits per heavy atom. The fourth-order valence-corrected chi connectivity index (χ4v) is 4.53. The van der Waals surface area contributed by atoms with Gasteiger partial charge in [-0.05, 0) is 48.9 Å². The summed E-state index contributed by atoms with van der Waals surface area (Å²) >= 11 is 0. The molecule has 0 aromatic heterocycles. The minimum Gasteiger partial charge on any atom is -0.461 e. The van der Waals surface area contributed by atoms with Gasteiger partial charge in [-0.2, -0.15) is 13.2 Å². The topological polar surface area (TPSA) is 73.9 Å². The van der Waals surface area contributed by atoms with Crippen molar-refractivity contribution in [2.75, 3.05) is 13.2 Å².